The van der Waals surface area contributed by atoms with Gasteiger partial charge in [0.15, 0.2) is 0 Å². The summed E-state index contributed by atoms with van der Waals surface area (Å²) in [5.41, 5.74) is -4.20. The highest BCUT2D eigenvalue weighted by Crippen LogP contribution is 2.29. The van der Waals surface area contributed by atoms with Crippen LogP contribution in [-0.4, -0.2) is 34.0 Å². The standard InChI is InChI=1S/C9H13F3N4OS/c10-9(11,12)18-4-3-13-8-16-15-7(17-8)5-14-6-1-2-6/h6,14H,1-5H2,(H,13,16). The Bertz CT molecular complexity index is 380. The number of hydrogen-bond donors (Lipinski definition) is 2. The summed E-state index contributed by atoms with van der Waals surface area (Å²) in [4.78, 5) is 0. The predicted molar refractivity (Wildman–Crippen MR) is 61.2 cm³/mol. The van der Waals surface area contributed by atoms with E-state index in [-0.39, 0.29) is 30.1 Å². The minimum absolute atomic E-state index is 0.0826. The maximum atomic E-state index is 11.8. The zero-order chi connectivity index (χ0) is 13.0. The molecule has 1 aromatic heterocycles. The Hall–Kier alpha value is -0.960. The second kappa shape index (κ2) is 5.79. The number of nitrogens with zero attached hydrogens (tertiary/aromatic N) is 2. The summed E-state index contributed by atoms with van der Waals surface area (Å²) in [6.07, 6.45) is 2.32. The summed E-state index contributed by atoms with van der Waals surface area (Å²) in [5, 5.41) is 13.3. The molecule has 0 spiro atoms. The number of anilines is 1. The summed E-state index contributed by atoms with van der Waals surface area (Å²) in [6, 6.07) is 0.696. The number of halogens is 3. The maximum Gasteiger partial charge on any atom is 0.441 e. The van der Waals surface area contributed by atoms with Crippen LogP contribution in [-0.2, 0) is 6.54 Å². The van der Waals surface area contributed by atoms with Crippen LogP contribution < -0.4 is 10.6 Å². The third-order valence-electron chi connectivity index (χ3n) is 2.23. The molecule has 0 bridgehead atoms. The number of rotatable bonds is 7. The van der Waals surface area contributed by atoms with Gasteiger partial charge in [0, 0.05) is 18.3 Å². The third-order valence-corrected chi connectivity index (χ3v) is 2.97. The fraction of sp³-hybridized carbons (Fsp3) is 0.778. The number of nitrogens with one attached hydrogen (secondary N) is 2. The Kier molecular flexibility index (Phi) is 4.33. The van der Waals surface area contributed by atoms with Gasteiger partial charge in [-0.25, -0.2) is 0 Å². The summed E-state index contributed by atoms with van der Waals surface area (Å²) in [5.74, 6) is 0.342. The van der Waals surface area contributed by atoms with Gasteiger partial charge in [-0.05, 0) is 24.6 Å². The lowest BCUT2D eigenvalue weighted by Gasteiger charge is -2.04. The van der Waals surface area contributed by atoms with Crippen LogP contribution in [0.15, 0.2) is 4.42 Å². The van der Waals surface area contributed by atoms with Gasteiger partial charge in [-0.1, -0.05) is 5.10 Å². The molecule has 2 rings (SSSR count). The molecule has 0 aliphatic heterocycles. The predicted octanol–water partition coefficient (Wildman–Crippen LogP) is 1.99. The SMILES string of the molecule is FC(F)(F)SCCNc1nnc(CNC2CC2)o1. The molecule has 2 N–H and O–H groups in total. The summed E-state index contributed by atoms with van der Waals surface area (Å²) in [7, 11) is 0. The fourth-order valence-corrected chi connectivity index (χ4v) is 1.68. The molecule has 1 aliphatic rings. The topological polar surface area (TPSA) is 63.0 Å². The van der Waals surface area contributed by atoms with Crippen LogP contribution in [0, 0.1) is 0 Å². The van der Waals surface area contributed by atoms with Gasteiger partial charge >= 0.3 is 11.5 Å². The van der Waals surface area contributed by atoms with Gasteiger partial charge in [-0.2, -0.15) is 13.2 Å². The fourth-order valence-electron chi connectivity index (χ4n) is 1.24. The van der Waals surface area contributed by atoms with Crippen molar-refractivity contribution in [3.05, 3.63) is 5.89 Å². The first kappa shape index (κ1) is 13.5. The van der Waals surface area contributed by atoms with Crippen molar-refractivity contribution >= 4 is 17.8 Å². The molecule has 9 heteroatoms. The van der Waals surface area contributed by atoms with E-state index in [0.717, 1.165) is 12.8 Å². The van der Waals surface area contributed by atoms with E-state index in [4.69, 9.17) is 4.42 Å². The van der Waals surface area contributed by atoms with E-state index >= 15 is 0 Å². The first-order valence-corrected chi connectivity index (χ1v) is 6.52. The van der Waals surface area contributed by atoms with Gasteiger partial charge in [-0.3, -0.25) is 0 Å². The Morgan fingerprint density at radius 1 is 1.33 bits per heavy atom. The van der Waals surface area contributed by atoms with Gasteiger partial charge in [0.25, 0.3) is 0 Å². The molecule has 0 unspecified atom stereocenters. The van der Waals surface area contributed by atoms with Gasteiger partial charge in [0.1, 0.15) is 0 Å². The zero-order valence-corrected chi connectivity index (χ0v) is 10.3. The van der Waals surface area contributed by atoms with E-state index < -0.39 is 5.51 Å². The van der Waals surface area contributed by atoms with Crippen LogP contribution in [0.4, 0.5) is 19.2 Å². The van der Waals surface area contributed by atoms with Gasteiger partial charge < -0.3 is 15.1 Å². The minimum Gasteiger partial charge on any atom is -0.407 e. The minimum atomic E-state index is -4.20. The van der Waals surface area contributed by atoms with Gasteiger partial charge in [0.05, 0.1) is 6.54 Å². The van der Waals surface area contributed by atoms with Crippen molar-refractivity contribution in [2.45, 2.75) is 30.9 Å². The zero-order valence-electron chi connectivity index (χ0n) is 9.46. The number of hydrogen-bond acceptors (Lipinski definition) is 6. The molecule has 1 aromatic rings. The van der Waals surface area contributed by atoms with Crippen LogP contribution >= 0.6 is 11.8 Å². The summed E-state index contributed by atoms with van der Waals surface area (Å²) in [6.45, 7) is 0.624. The maximum absolute atomic E-state index is 11.8. The molecule has 5 nitrogen and oxygen atoms in total. The monoisotopic (exact) mass is 282 g/mol. The molecule has 102 valence electrons. The molecule has 0 radical (unpaired) electrons. The van der Waals surface area contributed by atoms with E-state index in [0.29, 0.717) is 18.5 Å². The van der Waals surface area contributed by atoms with Crippen molar-refractivity contribution < 1.29 is 17.6 Å². The van der Waals surface area contributed by atoms with E-state index in [1.807, 2.05) is 0 Å². The lowest BCUT2D eigenvalue weighted by molar-refractivity contribution is -0.0327. The molecule has 1 aliphatic carbocycles. The molecular weight excluding hydrogens is 269 g/mol. The van der Waals surface area contributed by atoms with Crippen molar-refractivity contribution in [3.63, 3.8) is 0 Å². The van der Waals surface area contributed by atoms with Crippen molar-refractivity contribution in [2.75, 3.05) is 17.6 Å². The van der Waals surface area contributed by atoms with Crippen molar-refractivity contribution in [3.8, 4) is 0 Å². The number of alkyl halides is 3. The largest absolute Gasteiger partial charge is 0.441 e. The van der Waals surface area contributed by atoms with Crippen molar-refractivity contribution in [2.24, 2.45) is 0 Å². The second-order valence-electron chi connectivity index (χ2n) is 3.88. The summed E-state index contributed by atoms with van der Waals surface area (Å²) < 4.78 is 40.7. The molecule has 0 amide bonds. The Morgan fingerprint density at radius 2 is 2.11 bits per heavy atom. The highest BCUT2D eigenvalue weighted by molar-refractivity contribution is 8.00. The van der Waals surface area contributed by atoms with Crippen molar-refractivity contribution in [1.82, 2.24) is 15.5 Å². The Balaban J connectivity index is 1.63. The van der Waals surface area contributed by atoms with Crippen LogP contribution in [0.25, 0.3) is 0 Å². The quantitative estimate of drug-likeness (QED) is 0.746. The third kappa shape index (κ3) is 5.13. The highest BCUT2D eigenvalue weighted by atomic mass is 32.2. The highest BCUT2D eigenvalue weighted by Gasteiger charge is 2.27. The van der Waals surface area contributed by atoms with Crippen LogP contribution in [0.3, 0.4) is 0 Å². The van der Waals surface area contributed by atoms with Crippen molar-refractivity contribution in [1.29, 1.82) is 0 Å². The lowest BCUT2D eigenvalue weighted by Crippen LogP contribution is -2.15. The van der Waals surface area contributed by atoms with E-state index in [1.165, 1.54) is 0 Å². The molecular formula is C9H13F3N4OS. The van der Waals surface area contributed by atoms with Gasteiger partial charge in [-0.15, -0.1) is 5.10 Å². The smallest absolute Gasteiger partial charge is 0.407 e. The molecule has 1 saturated carbocycles. The molecule has 1 fully saturated rings. The second-order valence-corrected chi connectivity index (χ2v) is 5.04. The van der Waals surface area contributed by atoms with E-state index in [9.17, 15) is 13.2 Å². The van der Waals surface area contributed by atoms with Crippen LogP contribution in [0.1, 0.15) is 18.7 Å². The molecule has 0 atom stereocenters. The normalized spacial score (nSPS) is 15.9. The average Bonchev–Trinajstić information content (AvgIpc) is 3.00. The number of thioether (sulfide) groups is 1. The average molecular weight is 282 g/mol. The first-order chi connectivity index (χ1) is 8.53. The van der Waals surface area contributed by atoms with Crippen LogP contribution in [0.5, 0.6) is 0 Å². The molecule has 0 aromatic carbocycles. The lowest BCUT2D eigenvalue weighted by atomic mass is 10.6. The molecule has 0 saturated heterocycles. The number of aromatic nitrogens is 2. The molecule has 1 heterocycles. The molecule has 18 heavy (non-hydrogen) atoms. The van der Waals surface area contributed by atoms with E-state index in [2.05, 4.69) is 20.8 Å². The van der Waals surface area contributed by atoms with E-state index in [1.54, 1.807) is 0 Å². The summed E-state index contributed by atoms with van der Waals surface area (Å²) >= 11 is -0.0826. The van der Waals surface area contributed by atoms with Crippen LogP contribution in [0.2, 0.25) is 0 Å². The Labute approximate surface area is 106 Å². The van der Waals surface area contributed by atoms with Gasteiger partial charge in [0.2, 0.25) is 5.89 Å². The first-order valence-electron chi connectivity index (χ1n) is 5.53. The Morgan fingerprint density at radius 3 is 2.78 bits per heavy atom.